The highest BCUT2D eigenvalue weighted by molar-refractivity contribution is 6.31. The number of para-hydroxylation sites is 2. The minimum Gasteiger partial charge on any atom is -0.493 e. The highest BCUT2D eigenvalue weighted by Crippen LogP contribution is 2.35. The van der Waals surface area contributed by atoms with E-state index in [1.54, 1.807) is 37.4 Å². The minimum atomic E-state index is -4.61. The van der Waals surface area contributed by atoms with E-state index in [1.165, 1.54) is 11.6 Å². The van der Waals surface area contributed by atoms with Crippen molar-refractivity contribution in [2.45, 2.75) is 32.7 Å². The number of nitrogens with zero attached hydrogens (tertiary/aromatic N) is 2. The summed E-state index contributed by atoms with van der Waals surface area (Å²) in [6.45, 7) is 2.18. The number of ether oxygens (including phenoxy) is 2. The predicted octanol–water partition coefficient (Wildman–Crippen LogP) is 5.27. The van der Waals surface area contributed by atoms with Crippen LogP contribution in [-0.4, -0.2) is 29.3 Å². The largest absolute Gasteiger partial charge is 0.493 e. The first kappa shape index (κ1) is 24.4. The summed E-state index contributed by atoms with van der Waals surface area (Å²) < 4.78 is 51.0. The summed E-state index contributed by atoms with van der Waals surface area (Å²) in [5.74, 6) is 0.917. The van der Waals surface area contributed by atoms with Crippen molar-refractivity contribution >= 4 is 17.5 Å². The lowest BCUT2D eigenvalue weighted by Crippen LogP contribution is -2.25. The zero-order chi connectivity index (χ0) is 24.0. The number of hydrogen-bond acceptors (Lipinski definition) is 4. The van der Waals surface area contributed by atoms with Crippen LogP contribution >= 0.6 is 11.6 Å². The van der Waals surface area contributed by atoms with E-state index < -0.39 is 16.9 Å². The number of benzene rings is 2. The predicted molar refractivity (Wildman–Crippen MR) is 118 cm³/mol. The maximum Gasteiger partial charge on any atom is 0.436 e. The van der Waals surface area contributed by atoms with E-state index in [0.717, 1.165) is 5.56 Å². The molecule has 33 heavy (non-hydrogen) atoms. The molecule has 0 spiro atoms. The third-order valence-electron chi connectivity index (χ3n) is 4.89. The molecule has 0 radical (unpaired) electrons. The van der Waals surface area contributed by atoms with Gasteiger partial charge in [0.05, 0.1) is 17.8 Å². The Morgan fingerprint density at radius 3 is 2.55 bits per heavy atom. The minimum absolute atomic E-state index is 0.189. The molecule has 0 atom stereocenters. The molecule has 0 saturated heterocycles. The molecular formula is C23H23ClF3N3O3. The van der Waals surface area contributed by atoms with Crippen LogP contribution in [0.3, 0.4) is 0 Å². The summed E-state index contributed by atoms with van der Waals surface area (Å²) in [7, 11) is 1.56. The molecule has 0 saturated carbocycles. The van der Waals surface area contributed by atoms with Crippen molar-refractivity contribution in [1.29, 1.82) is 0 Å². The quantitative estimate of drug-likeness (QED) is 0.423. The van der Waals surface area contributed by atoms with E-state index in [4.69, 9.17) is 21.1 Å². The lowest BCUT2D eigenvalue weighted by molar-refractivity contribution is -0.141. The molecule has 1 N–H and O–H groups in total. The van der Waals surface area contributed by atoms with Crippen molar-refractivity contribution < 1.29 is 27.4 Å². The smallest absolute Gasteiger partial charge is 0.436 e. The molecule has 0 aliphatic rings. The Bertz CT molecular complexity index is 1120. The van der Waals surface area contributed by atoms with Crippen LogP contribution in [0.15, 0.2) is 48.5 Å². The zero-order valence-electron chi connectivity index (χ0n) is 18.1. The Labute approximate surface area is 194 Å². The molecule has 0 bridgehead atoms. The Kier molecular flexibility index (Phi) is 7.86. The molecule has 10 heteroatoms. The highest BCUT2D eigenvalue weighted by Gasteiger charge is 2.38. The van der Waals surface area contributed by atoms with E-state index >= 15 is 0 Å². The number of halogens is 4. The standard InChI is InChI=1S/C23H23ClF3N3O3/c1-15-20(24)21(23(25,26)27)29-30(15)12-6-11-28-22(31)17-8-5-7-16(13-17)14-33-19-10-4-3-9-18(19)32-2/h3-5,7-10,13H,6,11-12,14H2,1-2H3,(H,28,31). The number of rotatable bonds is 9. The molecule has 3 rings (SSSR count). The highest BCUT2D eigenvalue weighted by atomic mass is 35.5. The number of alkyl halides is 3. The van der Waals surface area contributed by atoms with Crippen molar-refractivity contribution in [3.8, 4) is 11.5 Å². The molecule has 0 fully saturated rings. The molecular weight excluding hydrogens is 459 g/mol. The van der Waals surface area contributed by atoms with Gasteiger partial charge in [-0.3, -0.25) is 9.48 Å². The number of carbonyl (C=O) groups is 1. The van der Waals surface area contributed by atoms with Crippen LogP contribution in [0.2, 0.25) is 5.02 Å². The van der Waals surface area contributed by atoms with Gasteiger partial charge in [-0.2, -0.15) is 18.3 Å². The average molecular weight is 482 g/mol. The summed E-state index contributed by atoms with van der Waals surface area (Å²) >= 11 is 5.75. The molecule has 1 aromatic heterocycles. The molecule has 6 nitrogen and oxygen atoms in total. The van der Waals surface area contributed by atoms with Gasteiger partial charge in [-0.05, 0) is 43.2 Å². The van der Waals surface area contributed by atoms with Crippen LogP contribution in [0.4, 0.5) is 13.2 Å². The van der Waals surface area contributed by atoms with Crippen molar-refractivity contribution in [1.82, 2.24) is 15.1 Å². The van der Waals surface area contributed by atoms with E-state index in [0.29, 0.717) is 23.5 Å². The Morgan fingerprint density at radius 1 is 1.15 bits per heavy atom. The van der Waals surface area contributed by atoms with Gasteiger partial charge >= 0.3 is 6.18 Å². The summed E-state index contributed by atoms with van der Waals surface area (Å²) in [6, 6.07) is 14.3. The van der Waals surface area contributed by atoms with E-state index in [1.807, 2.05) is 18.2 Å². The van der Waals surface area contributed by atoms with Gasteiger partial charge in [0, 0.05) is 18.7 Å². The maximum atomic E-state index is 12.9. The summed E-state index contributed by atoms with van der Waals surface area (Å²) in [5.41, 5.74) is 0.389. The third kappa shape index (κ3) is 6.19. The number of nitrogens with one attached hydrogen (secondary N) is 1. The molecule has 3 aromatic rings. The molecule has 0 aliphatic heterocycles. The van der Waals surface area contributed by atoms with Crippen LogP contribution in [0.25, 0.3) is 0 Å². The number of aryl methyl sites for hydroxylation is 1. The zero-order valence-corrected chi connectivity index (χ0v) is 18.8. The van der Waals surface area contributed by atoms with Gasteiger partial charge < -0.3 is 14.8 Å². The fourth-order valence-corrected chi connectivity index (χ4v) is 3.40. The Balaban J connectivity index is 1.52. The fourth-order valence-electron chi connectivity index (χ4n) is 3.16. The van der Waals surface area contributed by atoms with Crippen LogP contribution in [-0.2, 0) is 19.3 Å². The van der Waals surface area contributed by atoms with Gasteiger partial charge in [0.2, 0.25) is 0 Å². The van der Waals surface area contributed by atoms with E-state index in [2.05, 4.69) is 10.4 Å². The van der Waals surface area contributed by atoms with Crippen molar-refractivity contribution in [3.63, 3.8) is 0 Å². The van der Waals surface area contributed by atoms with Crippen LogP contribution in [0.1, 0.15) is 33.7 Å². The number of amides is 1. The maximum absolute atomic E-state index is 12.9. The molecule has 0 unspecified atom stereocenters. The van der Waals surface area contributed by atoms with Crippen LogP contribution in [0.5, 0.6) is 11.5 Å². The number of hydrogen-bond donors (Lipinski definition) is 1. The van der Waals surface area contributed by atoms with Gasteiger partial charge in [-0.25, -0.2) is 0 Å². The average Bonchev–Trinajstić information content (AvgIpc) is 3.09. The summed E-state index contributed by atoms with van der Waals surface area (Å²) in [4.78, 5) is 12.5. The van der Waals surface area contributed by atoms with Crippen molar-refractivity contribution in [2.75, 3.05) is 13.7 Å². The molecule has 176 valence electrons. The summed E-state index contributed by atoms with van der Waals surface area (Å²) in [5, 5.41) is 5.91. The third-order valence-corrected chi connectivity index (χ3v) is 5.34. The van der Waals surface area contributed by atoms with Crippen molar-refractivity contribution in [3.05, 3.63) is 76.1 Å². The van der Waals surface area contributed by atoms with Gasteiger partial charge in [-0.15, -0.1) is 0 Å². The normalized spacial score (nSPS) is 11.3. The number of methoxy groups -OCH3 is 1. The fraction of sp³-hybridized carbons (Fsp3) is 0.304. The van der Waals surface area contributed by atoms with E-state index in [-0.39, 0.29) is 31.3 Å². The Morgan fingerprint density at radius 2 is 1.88 bits per heavy atom. The first-order valence-electron chi connectivity index (χ1n) is 10.1. The lowest BCUT2D eigenvalue weighted by Gasteiger charge is -2.11. The molecule has 1 amide bonds. The van der Waals surface area contributed by atoms with Crippen LogP contribution in [0, 0.1) is 6.92 Å². The first-order chi connectivity index (χ1) is 15.7. The Hall–Kier alpha value is -3.20. The molecule has 2 aromatic carbocycles. The number of carbonyl (C=O) groups excluding carboxylic acids is 1. The molecule has 0 aliphatic carbocycles. The molecule has 1 heterocycles. The first-order valence-corrected chi connectivity index (χ1v) is 10.5. The van der Waals surface area contributed by atoms with Gasteiger partial charge in [0.15, 0.2) is 17.2 Å². The SMILES string of the molecule is COc1ccccc1OCc1cccc(C(=O)NCCCn2nc(C(F)(F)F)c(Cl)c2C)c1. The van der Waals surface area contributed by atoms with Gasteiger partial charge in [-0.1, -0.05) is 35.9 Å². The number of aromatic nitrogens is 2. The second kappa shape index (κ2) is 10.6. The lowest BCUT2D eigenvalue weighted by atomic mass is 10.1. The van der Waals surface area contributed by atoms with Crippen LogP contribution < -0.4 is 14.8 Å². The van der Waals surface area contributed by atoms with Crippen molar-refractivity contribution in [2.24, 2.45) is 0 Å². The topological polar surface area (TPSA) is 65.4 Å². The van der Waals surface area contributed by atoms with E-state index in [9.17, 15) is 18.0 Å². The van der Waals surface area contributed by atoms with Gasteiger partial charge in [0.25, 0.3) is 5.91 Å². The second-order valence-corrected chi connectivity index (χ2v) is 7.60. The monoisotopic (exact) mass is 481 g/mol. The summed E-state index contributed by atoms with van der Waals surface area (Å²) in [6.07, 6.45) is -4.22. The van der Waals surface area contributed by atoms with Gasteiger partial charge in [0.1, 0.15) is 6.61 Å². The second-order valence-electron chi connectivity index (χ2n) is 7.22.